The maximum Gasteiger partial charge on any atom is 0.418 e. The van der Waals surface area contributed by atoms with Gasteiger partial charge in [-0.3, -0.25) is 9.59 Å². The van der Waals surface area contributed by atoms with Crippen molar-refractivity contribution in [3.8, 4) is 0 Å². The fourth-order valence-corrected chi connectivity index (χ4v) is 5.89. The third-order valence-corrected chi connectivity index (χ3v) is 8.42. The van der Waals surface area contributed by atoms with Gasteiger partial charge in [0.1, 0.15) is 12.4 Å². The molecule has 1 N–H and O–H groups in total. The number of imide groups is 1. The molecule has 12 heteroatoms. The summed E-state index contributed by atoms with van der Waals surface area (Å²) in [7, 11) is 0. The lowest BCUT2D eigenvalue weighted by molar-refractivity contribution is -0.143. The number of likely N-dealkylation sites (tertiary alicyclic amines) is 1. The van der Waals surface area contributed by atoms with E-state index in [0.717, 1.165) is 28.2 Å². The Hall–Kier alpha value is -4.09. The van der Waals surface area contributed by atoms with Crippen molar-refractivity contribution in [2.24, 2.45) is 5.92 Å². The lowest BCUT2D eigenvalue weighted by Gasteiger charge is -2.38. The molecule has 9 nitrogen and oxygen atoms in total. The van der Waals surface area contributed by atoms with Crippen molar-refractivity contribution in [2.45, 2.75) is 56.7 Å². The normalized spacial score (nSPS) is 23.2. The van der Waals surface area contributed by atoms with E-state index in [1.54, 1.807) is 29.2 Å². The molecule has 0 aromatic heterocycles. The molecule has 0 bridgehead atoms. The summed E-state index contributed by atoms with van der Waals surface area (Å²) in [5.41, 5.74) is 0.670. The van der Waals surface area contributed by atoms with Crippen LogP contribution in [0.4, 0.5) is 28.4 Å². The van der Waals surface area contributed by atoms with Gasteiger partial charge in [-0.05, 0) is 67.5 Å². The number of hydrogen-bond donors (Lipinski definition) is 1. The largest absolute Gasteiger partial charge is 0.427 e. The number of carbonyl (C=O) groups excluding carboxylic acids is 4. The van der Waals surface area contributed by atoms with E-state index in [4.69, 9.17) is 4.74 Å². The first-order valence-corrected chi connectivity index (χ1v) is 13.6. The van der Waals surface area contributed by atoms with Crippen LogP contribution in [0.2, 0.25) is 0 Å². The van der Waals surface area contributed by atoms with Gasteiger partial charge in [0.25, 0.3) is 11.8 Å². The first-order valence-electron chi connectivity index (χ1n) is 13.6. The van der Waals surface area contributed by atoms with Crippen LogP contribution in [0.15, 0.2) is 42.5 Å². The Kier molecular flexibility index (Phi) is 6.46. The molecule has 2 atom stereocenters. The van der Waals surface area contributed by atoms with Crippen molar-refractivity contribution >= 4 is 29.6 Å². The first-order chi connectivity index (χ1) is 19.5. The maximum atomic E-state index is 13.7. The minimum absolute atomic E-state index is 0.126. The van der Waals surface area contributed by atoms with Crippen LogP contribution >= 0.6 is 0 Å². The number of alkyl halides is 2. The second kappa shape index (κ2) is 9.78. The average molecular weight is 571 g/mol. The average Bonchev–Trinajstić information content (AvgIpc) is 3.67. The Morgan fingerprint density at radius 1 is 1.12 bits per heavy atom. The molecule has 2 aromatic carbocycles. The quantitative estimate of drug-likeness (QED) is 0.537. The summed E-state index contributed by atoms with van der Waals surface area (Å²) in [5.74, 6) is -3.99. The predicted molar refractivity (Wildman–Crippen MR) is 139 cm³/mol. The van der Waals surface area contributed by atoms with Crippen LogP contribution in [0.3, 0.4) is 0 Å². The van der Waals surface area contributed by atoms with Gasteiger partial charge >= 0.3 is 12.1 Å². The van der Waals surface area contributed by atoms with Gasteiger partial charge in [-0.2, -0.15) is 0 Å². The first kappa shape index (κ1) is 27.1. The van der Waals surface area contributed by atoms with Crippen molar-refractivity contribution in [3.05, 3.63) is 65.0 Å². The molecule has 2 heterocycles. The monoisotopic (exact) mass is 570 g/mol. The molecule has 2 saturated heterocycles. The minimum atomic E-state index is -2.88. The van der Waals surface area contributed by atoms with Gasteiger partial charge in [-0.1, -0.05) is 18.2 Å². The Morgan fingerprint density at radius 3 is 2.49 bits per heavy atom. The molecule has 2 aliphatic heterocycles. The van der Waals surface area contributed by atoms with E-state index < -0.39 is 55.1 Å². The highest BCUT2D eigenvalue weighted by Crippen LogP contribution is 2.46. The van der Waals surface area contributed by atoms with E-state index >= 15 is 0 Å². The van der Waals surface area contributed by atoms with Crippen molar-refractivity contribution in [1.82, 2.24) is 14.7 Å². The fourth-order valence-electron chi connectivity index (χ4n) is 5.89. The molecule has 4 aliphatic rings. The molecular weight excluding hydrogens is 541 g/mol. The molecule has 2 aliphatic carbocycles. The van der Waals surface area contributed by atoms with Gasteiger partial charge < -0.3 is 19.9 Å². The van der Waals surface area contributed by atoms with Crippen LogP contribution in [0.1, 0.15) is 42.9 Å². The summed E-state index contributed by atoms with van der Waals surface area (Å²) in [6.07, 6.45) is 1.59. The second-order valence-corrected chi connectivity index (χ2v) is 11.3. The predicted octanol–water partition coefficient (Wildman–Crippen LogP) is 4.26. The number of carbonyl (C=O) groups is 4. The molecule has 0 unspecified atom stereocenters. The molecule has 1 spiro atoms. The van der Waals surface area contributed by atoms with Gasteiger partial charge in [0, 0.05) is 30.3 Å². The number of nitrogens with one attached hydrogen (secondary N) is 1. The molecular formula is C29H29F3N4O5. The minimum Gasteiger partial charge on any atom is -0.427 e. The van der Waals surface area contributed by atoms with Crippen LogP contribution in [-0.2, 0) is 32.9 Å². The number of anilines is 1. The van der Waals surface area contributed by atoms with Crippen LogP contribution in [0.5, 0.6) is 0 Å². The van der Waals surface area contributed by atoms with Crippen molar-refractivity contribution < 1.29 is 37.1 Å². The maximum absolute atomic E-state index is 13.7. The van der Waals surface area contributed by atoms with Crippen molar-refractivity contribution in [2.75, 3.05) is 25.0 Å². The Bertz CT molecular complexity index is 1420. The number of urea groups is 1. The number of halogens is 3. The summed E-state index contributed by atoms with van der Waals surface area (Å²) < 4.78 is 45.3. The zero-order valence-electron chi connectivity index (χ0n) is 22.4. The molecule has 1 saturated carbocycles. The van der Waals surface area contributed by atoms with Gasteiger partial charge in [-0.15, -0.1) is 0 Å². The third-order valence-electron chi connectivity index (χ3n) is 8.42. The molecule has 2 aromatic rings. The Balaban J connectivity index is 1.16. The summed E-state index contributed by atoms with van der Waals surface area (Å²) in [6.45, 7) is 0.369. The summed E-state index contributed by atoms with van der Waals surface area (Å²) in [6, 6.07) is 9.81. The van der Waals surface area contributed by atoms with Crippen LogP contribution in [-0.4, -0.2) is 70.2 Å². The Morgan fingerprint density at radius 2 is 1.83 bits per heavy atom. The fraction of sp³-hybridized carbons (Fsp3) is 0.448. The summed E-state index contributed by atoms with van der Waals surface area (Å²) in [4.78, 5) is 55.8. The SMILES string of the molecule is C[C@H](C1CC1)N(Cc1ccc(F)cc1)C(=O)CN1C(=O)O[C@]2(CCc3cc(NC(=O)N4CC(F)(F)C4)ccc32)C1=O. The molecule has 0 radical (unpaired) electrons. The number of amides is 5. The van der Waals surface area contributed by atoms with Gasteiger partial charge in [0.05, 0.1) is 13.1 Å². The summed E-state index contributed by atoms with van der Waals surface area (Å²) >= 11 is 0. The van der Waals surface area contributed by atoms with E-state index in [2.05, 4.69) is 5.32 Å². The topological polar surface area (TPSA) is 99.3 Å². The molecule has 3 fully saturated rings. The van der Waals surface area contributed by atoms with E-state index in [9.17, 15) is 32.3 Å². The van der Waals surface area contributed by atoms with Gasteiger partial charge in [0.15, 0.2) is 0 Å². The number of fused-ring (bicyclic) bond motifs is 2. The van der Waals surface area contributed by atoms with Crippen LogP contribution < -0.4 is 5.32 Å². The van der Waals surface area contributed by atoms with Gasteiger partial charge in [-0.25, -0.2) is 27.7 Å². The number of benzene rings is 2. The third kappa shape index (κ3) is 5.00. The van der Waals surface area contributed by atoms with E-state index in [-0.39, 0.29) is 24.8 Å². The summed E-state index contributed by atoms with van der Waals surface area (Å²) in [5, 5.41) is 2.58. The van der Waals surface area contributed by atoms with Crippen LogP contribution in [0.25, 0.3) is 0 Å². The van der Waals surface area contributed by atoms with Gasteiger partial charge in [0.2, 0.25) is 11.5 Å². The number of hydrogen-bond acceptors (Lipinski definition) is 5. The number of rotatable bonds is 7. The second-order valence-electron chi connectivity index (χ2n) is 11.3. The number of aryl methyl sites for hydroxylation is 1. The van der Waals surface area contributed by atoms with E-state index in [1.165, 1.54) is 18.2 Å². The van der Waals surface area contributed by atoms with Crippen molar-refractivity contribution in [1.29, 1.82) is 0 Å². The van der Waals surface area contributed by atoms with Crippen LogP contribution in [0, 0.1) is 11.7 Å². The lowest BCUT2D eigenvalue weighted by atomic mass is 9.94. The smallest absolute Gasteiger partial charge is 0.418 e. The molecule has 5 amide bonds. The lowest BCUT2D eigenvalue weighted by Crippen LogP contribution is -2.59. The standard InChI is InChI=1S/C29H29F3N4O5/c1-17(19-4-5-19)35(13-18-2-6-21(30)7-3-18)24(37)14-36-25(38)29(41-27(36)40)11-10-20-12-22(8-9-23(20)29)33-26(39)34-15-28(31,32)16-34/h2-3,6-9,12,17,19H,4-5,10-11,13-16H2,1H3,(H,33,39)/t17-,29+/m1/s1. The number of ether oxygens (including phenoxy) is 1. The van der Waals surface area contributed by atoms with E-state index in [0.29, 0.717) is 29.2 Å². The zero-order valence-corrected chi connectivity index (χ0v) is 22.4. The van der Waals surface area contributed by atoms with Crippen molar-refractivity contribution in [3.63, 3.8) is 0 Å². The highest BCUT2D eigenvalue weighted by molar-refractivity contribution is 6.06. The molecule has 6 rings (SSSR count). The highest BCUT2D eigenvalue weighted by Gasteiger charge is 2.58. The highest BCUT2D eigenvalue weighted by atomic mass is 19.3. The molecule has 41 heavy (non-hydrogen) atoms. The zero-order chi connectivity index (χ0) is 29.1. The Labute approximate surface area is 234 Å². The van der Waals surface area contributed by atoms with E-state index in [1.807, 2.05) is 6.92 Å². The molecule has 216 valence electrons. The number of nitrogens with zero attached hydrogens (tertiary/aromatic N) is 3.